The molecule has 100 valence electrons. The minimum atomic E-state index is -1.00. The highest BCUT2D eigenvalue weighted by molar-refractivity contribution is 7.82. The van der Waals surface area contributed by atoms with E-state index < -0.39 is 11.0 Å². The van der Waals surface area contributed by atoms with Crippen LogP contribution in [0.3, 0.4) is 0 Å². The van der Waals surface area contributed by atoms with E-state index >= 15 is 0 Å². The molecule has 0 aromatic heterocycles. The van der Waals surface area contributed by atoms with Gasteiger partial charge in [-0.25, -0.2) is 8.51 Å². The van der Waals surface area contributed by atoms with Crippen molar-refractivity contribution in [3.8, 4) is 0 Å². The molecule has 1 unspecified atom stereocenters. The Morgan fingerprint density at radius 3 is 2.06 bits per heavy atom. The molecule has 0 saturated carbocycles. The molecule has 1 saturated heterocycles. The Balaban J connectivity index is 1.96. The largest absolute Gasteiger partial charge is 0.296 e. The molecule has 0 bridgehead atoms. The zero-order valence-electron chi connectivity index (χ0n) is 11.4. The monoisotopic (exact) mass is 266 g/mol. The number of hydrogen-bond donors (Lipinski definition) is 0. The standard InChI is InChI=1S/C14H22N2OS/c1-14(2,3)15-9-11-16(12-10-15)18(17)13-7-5-4-6-8-13/h4-8H,9-12H2,1-3H3. The lowest BCUT2D eigenvalue weighted by Crippen LogP contribution is -2.53. The van der Waals surface area contributed by atoms with Crippen molar-refractivity contribution in [1.29, 1.82) is 0 Å². The van der Waals surface area contributed by atoms with Gasteiger partial charge in [0, 0.05) is 31.7 Å². The van der Waals surface area contributed by atoms with E-state index in [0.717, 1.165) is 31.1 Å². The minimum Gasteiger partial charge on any atom is -0.296 e. The smallest absolute Gasteiger partial charge is 0.127 e. The van der Waals surface area contributed by atoms with E-state index in [1.807, 2.05) is 30.3 Å². The molecule has 1 aromatic rings. The summed E-state index contributed by atoms with van der Waals surface area (Å²) in [6.45, 7) is 10.4. The molecule has 0 amide bonds. The second-order valence-corrected chi connectivity index (χ2v) is 7.14. The van der Waals surface area contributed by atoms with Crippen LogP contribution in [0.5, 0.6) is 0 Å². The molecular formula is C14H22N2OS. The van der Waals surface area contributed by atoms with Gasteiger partial charge in [-0.15, -0.1) is 0 Å². The van der Waals surface area contributed by atoms with Crippen LogP contribution in [0, 0.1) is 0 Å². The zero-order valence-corrected chi connectivity index (χ0v) is 12.2. The van der Waals surface area contributed by atoms with Crippen LogP contribution >= 0.6 is 0 Å². The molecule has 0 radical (unpaired) electrons. The summed E-state index contributed by atoms with van der Waals surface area (Å²) in [5, 5.41) is 0. The highest BCUT2D eigenvalue weighted by atomic mass is 32.2. The van der Waals surface area contributed by atoms with Gasteiger partial charge in [-0.3, -0.25) is 4.90 Å². The van der Waals surface area contributed by atoms with Crippen LogP contribution in [0.1, 0.15) is 20.8 Å². The third kappa shape index (κ3) is 3.19. The van der Waals surface area contributed by atoms with Crippen molar-refractivity contribution in [2.24, 2.45) is 0 Å². The second-order valence-electron chi connectivity index (χ2n) is 5.65. The summed E-state index contributed by atoms with van der Waals surface area (Å²) < 4.78 is 14.4. The number of piperazine rings is 1. The van der Waals surface area contributed by atoms with E-state index in [1.54, 1.807) is 0 Å². The lowest BCUT2D eigenvalue weighted by Gasteiger charge is -2.41. The van der Waals surface area contributed by atoms with Gasteiger partial charge >= 0.3 is 0 Å². The van der Waals surface area contributed by atoms with Crippen molar-refractivity contribution in [2.75, 3.05) is 26.2 Å². The fourth-order valence-electron chi connectivity index (χ4n) is 2.21. The normalized spacial score (nSPS) is 20.8. The average molecular weight is 266 g/mol. The average Bonchev–Trinajstić information content (AvgIpc) is 2.38. The van der Waals surface area contributed by atoms with E-state index in [0.29, 0.717) is 0 Å². The van der Waals surface area contributed by atoms with Gasteiger partial charge in [0.2, 0.25) is 0 Å². The number of benzene rings is 1. The summed E-state index contributed by atoms with van der Waals surface area (Å²) in [7, 11) is -1.00. The maximum atomic E-state index is 12.4. The summed E-state index contributed by atoms with van der Waals surface area (Å²) in [4.78, 5) is 3.35. The van der Waals surface area contributed by atoms with Crippen molar-refractivity contribution in [3.05, 3.63) is 30.3 Å². The highest BCUT2D eigenvalue weighted by Crippen LogP contribution is 2.18. The number of hydrogen-bond acceptors (Lipinski definition) is 2. The molecular weight excluding hydrogens is 244 g/mol. The minimum absolute atomic E-state index is 0.209. The number of nitrogens with zero attached hydrogens (tertiary/aromatic N) is 2. The molecule has 0 aliphatic carbocycles. The third-order valence-corrected chi connectivity index (χ3v) is 4.88. The van der Waals surface area contributed by atoms with Crippen LogP contribution in [0.25, 0.3) is 0 Å². The molecule has 3 nitrogen and oxygen atoms in total. The van der Waals surface area contributed by atoms with Gasteiger partial charge in [0.1, 0.15) is 11.0 Å². The van der Waals surface area contributed by atoms with Gasteiger partial charge in [0.15, 0.2) is 0 Å². The first kappa shape index (κ1) is 13.7. The Morgan fingerprint density at radius 1 is 1.00 bits per heavy atom. The van der Waals surface area contributed by atoms with E-state index in [1.165, 1.54) is 0 Å². The van der Waals surface area contributed by atoms with Crippen molar-refractivity contribution < 1.29 is 4.21 Å². The van der Waals surface area contributed by atoms with Gasteiger partial charge < -0.3 is 0 Å². The Hall–Kier alpha value is -0.710. The maximum Gasteiger partial charge on any atom is 0.127 e. The van der Waals surface area contributed by atoms with Crippen LogP contribution in [-0.2, 0) is 11.0 Å². The Kier molecular flexibility index (Phi) is 4.20. The van der Waals surface area contributed by atoms with E-state index in [2.05, 4.69) is 30.0 Å². The lowest BCUT2D eigenvalue weighted by atomic mass is 10.1. The van der Waals surface area contributed by atoms with Crippen molar-refractivity contribution in [1.82, 2.24) is 9.21 Å². The summed E-state index contributed by atoms with van der Waals surface area (Å²) in [5.74, 6) is 0. The summed E-state index contributed by atoms with van der Waals surface area (Å²) in [6.07, 6.45) is 0. The highest BCUT2D eigenvalue weighted by Gasteiger charge is 2.28. The Bertz CT molecular complexity index is 406. The van der Waals surface area contributed by atoms with E-state index in [4.69, 9.17) is 0 Å². The summed E-state index contributed by atoms with van der Waals surface area (Å²) >= 11 is 0. The molecule has 1 aliphatic rings. The number of rotatable bonds is 2. The molecule has 18 heavy (non-hydrogen) atoms. The lowest BCUT2D eigenvalue weighted by molar-refractivity contribution is 0.0940. The first-order chi connectivity index (χ1) is 8.48. The van der Waals surface area contributed by atoms with Gasteiger partial charge in [-0.1, -0.05) is 18.2 Å². The molecule has 1 aromatic carbocycles. The van der Waals surface area contributed by atoms with Gasteiger partial charge in [-0.2, -0.15) is 0 Å². The van der Waals surface area contributed by atoms with Crippen LogP contribution in [0.2, 0.25) is 0 Å². The van der Waals surface area contributed by atoms with Crippen molar-refractivity contribution >= 4 is 11.0 Å². The Labute approximate surface area is 112 Å². The van der Waals surface area contributed by atoms with Crippen LogP contribution in [0.4, 0.5) is 0 Å². The van der Waals surface area contributed by atoms with Crippen LogP contribution < -0.4 is 0 Å². The predicted molar refractivity (Wildman–Crippen MR) is 75.7 cm³/mol. The zero-order chi connectivity index (χ0) is 13.2. The Morgan fingerprint density at radius 2 is 1.56 bits per heavy atom. The quantitative estimate of drug-likeness (QED) is 0.818. The molecule has 1 fully saturated rings. The topological polar surface area (TPSA) is 23.6 Å². The molecule has 2 rings (SSSR count). The van der Waals surface area contributed by atoms with Crippen molar-refractivity contribution in [2.45, 2.75) is 31.2 Å². The molecule has 4 heteroatoms. The SMILES string of the molecule is CC(C)(C)N1CCN(S(=O)c2ccccc2)CC1. The maximum absolute atomic E-state index is 12.4. The third-order valence-electron chi connectivity index (χ3n) is 3.37. The van der Waals surface area contributed by atoms with Crippen LogP contribution in [-0.4, -0.2) is 45.1 Å². The molecule has 0 N–H and O–H groups in total. The molecule has 0 spiro atoms. The molecule has 1 atom stereocenters. The molecule has 1 heterocycles. The summed E-state index contributed by atoms with van der Waals surface area (Å²) in [6, 6.07) is 9.72. The van der Waals surface area contributed by atoms with Gasteiger partial charge in [-0.05, 0) is 32.9 Å². The summed E-state index contributed by atoms with van der Waals surface area (Å²) in [5.41, 5.74) is 0.209. The van der Waals surface area contributed by atoms with Gasteiger partial charge in [0.25, 0.3) is 0 Å². The van der Waals surface area contributed by atoms with Crippen molar-refractivity contribution in [3.63, 3.8) is 0 Å². The molecule has 1 aliphatic heterocycles. The van der Waals surface area contributed by atoms with E-state index in [9.17, 15) is 4.21 Å². The van der Waals surface area contributed by atoms with Gasteiger partial charge in [0.05, 0.1) is 4.90 Å². The fourth-order valence-corrected chi connectivity index (χ4v) is 3.39. The first-order valence-electron chi connectivity index (χ1n) is 6.45. The fraction of sp³-hybridized carbons (Fsp3) is 0.571. The second kappa shape index (κ2) is 5.51. The van der Waals surface area contributed by atoms with Crippen LogP contribution in [0.15, 0.2) is 35.2 Å². The predicted octanol–water partition coefficient (Wildman–Crippen LogP) is 2.13. The first-order valence-corrected chi connectivity index (χ1v) is 7.56. The van der Waals surface area contributed by atoms with E-state index in [-0.39, 0.29) is 5.54 Å².